The second kappa shape index (κ2) is 3.97. The van der Waals surface area contributed by atoms with E-state index in [4.69, 9.17) is 9.84 Å². The van der Waals surface area contributed by atoms with Crippen molar-refractivity contribution in [1.29, 1.82) is 0 Å². The molecule has 0 unspecified atom stereocenters. The van der Waals surface area contributed by atoms with E-state index < -0.39 is 0 Å². The zero-order valence-electron chi connectivity index (χ0n) is 7.32. The van der Waals surface area contributed by atoms with Gasteiger partial charge in [-0.1, -0.05) is 12.1 Å². The smallest absolute Gasteiger partial charge is 0.142 e. The van der Waals surface area contributed by atoms with E-state index in [2.05, 4.69) is 0 Å². The standard InChI is InChI=1S/C9H13NO2/c1-10(7-11)8-5-3-4-6-9(8)12-2/h3-6,11H,7H2,1-2H3. The Morgan fingerprint density at radius 3 is 2.67 bits per heavy atom. The number of aliphatic hydroxyl groups excluding tert-OH is 1. The molecule has 3 nitrogen and oxygen atoms in total. The van der Waals surface area contributed by atoms with Gasteiger partial charge in [-0.2, -0.15) is 0 Å². The van der Waals surface area contributed by atoms with Gasteiger partial charge >= 0.3 is 0 Å². The largest absolute Gasteiger partial charge is 0.495 e. The summed E-state index contributed by atoms with van der Waals surface area (Å²) < 4.78 is 5.12. The van der Waals surface area contributed by atoms with Gasteiger partial charge in [0, 0.05) is 7.05 Å². The summed E-state index contributed by atoms with van der Waals surface area (Å²) in [5.41, 5.74) is 0.891. The molecule has 1 rings (SSSR count). The lowest BCUT2D eigenvalue weighted by atomic mass is 10.3. The first kappa shape index (κ1) is 8.87. The number of aliphatic hydroxyl groups is 1. The van der Waals surface area contributed by atoms with Crippen LogP contribution in [0.3, 0.4) is 0 Å². The summed E-state index contributed by atoms with van der Waals surface area (Å²) in [6.45, 7) is -0.0135. The lowest BCUT2D eigenvalue weighted by molar-refractivity contribution is 0.296. The average Bonchev–Trinajstić information content (AvgIpc) is 2.16. The van der Waals surface area contributed by atoms with E-state index in [-0.39, 0.29) is 6.73 Å². The quantitative estimate of drug-likeness (QED) is 0.684. The molecular weight excluding hydrogens is 154 g/mol. The zero-order valence-corrected chi connectivity index (χ0v) is 7.32. The summed E-state index contributed by atoms with van der Waals surface area (Å²) in [5.74, 6) is 0.772. The van der Waals surface area contributed by atoms with Crippen molar-refractivity contribution in [3.8, 4) is 5.75 Å². The van der Waals surface area contributed by atoms with E-state index in [0.29, 0.717) is 0 Å². The van der Waals surface area contributed by atoms with E-state index >= 15 is 0 Å². The Morgan fingerprint density at radius 2 is 2.08 bits per heavy atom. The summed E-state index contributed by atoms with van der Waals surface area (Å²) >= 11 is 0. The Bertz CT molecular complexity index is 250. The Kier molecular flexibility index (Phi) is 2.94. The first-order chi connectivity index (χ1) is 5.79. The molecule has 0 saturated carbocycles. The van der Waals surface area contributed by atoms with E-state index in [1.54, 1.807) is 19.1 Å². The number of para-hydroxylation sites is 2. The number of methoxy groups -OCH3 is 1. The molecule has 0 aliphatic carbocycles. The highest BCUT2D eigenvalue weighted by Gasteiger charge is 2.04. The molecule has 0 fully saturated rings. The highest BCUT2D eigenvalue weighted by Crippen LogP contribution is 2.25. The summed E-state index contributed by atoms with van der Waals surface area (Å²) in [5, 5.41) is 8.88. The molecule has 1 N–H and O–H groups in total. The van der Waals surface area contributed by atoms with Crippen LogP contribution in [-0.4, -0.2) is 26.0 Å². The van der Waals surface area contributed by atoms with Gasteiger partial charge in [-0.05, 0) is 12.1 Å². The van der Waals surface area contributed by atoms with Gasteiger partial charge in [-0.25, -0.2) is 0 Å². The number of benzene rings is 1. The summed E-state index contributed by atoms with van der Waals surface area (Å²) in [6.07, 6.45) is 0. The van der Waals surface area contributed by atoms with Crippen molar-refractivity contribution < 1.29 is 9.84 Å². The lowest BCUT2D eigenvalue weighted by Gasteiger charge is -2.18. The Labute approximate surface area is 72.2 Å². The molecule has 1 aromatic carbocycles. The highest BCUT2D eigenvalue weighted by molar-refractivity contribution is 5.57. The number of ether oxygens (including phenoxy) is 1. The fourth-order valence-electron chi connectivity index (χ4n) is 1.02. The fraction of sp³-hybridized carbons (Fsp3) is 0.333. The van der Waals surface area contributed by atoms with Gasteiger partial charge in [0.05, 0.1) is 12.8 Å². The van der Waals surface area contributed by atoms with Crippen LogP contribution in [0.5, 0.6) is 5.75 Å². The molecule has 0 atom stereocenters. The normalized spacial score (nSPS) is 9.58. The summed E-state index contributed by atoms with van der Waals surface area (Å²) in [6, 6.07) is 7.56. The lowest BCUT2D eigenvalue weighted by Crippen LogP contribution is -2.18. The molecule has 3 heteroatoms. The molecule has 0 aliphatic rings. The van der Waals surface area contributed by atoms with Gasteiger partial charge in [0.1, 0.15) is 12.5 Å². The Hall–Kier alpha value is -1.22. The van der Waals surface area contributed by atoms with Gasteiger partial charge in [0.2, 0.25) is 0 Å². The Balaban J connectivity index is 2.96. The maximum absolute atomic E-state index is 8.88. The molecule has 0 bridgehead atoms. The van der Waals surface area contributed by atoms with Crippen LogP contribution in [0.15, 0.2) is 24.3 Å². The van der Waals surface area contributed by atoms with Gasteiger partial charge < -0.3 is 14.7 Å². The van der Waals surface area contributed by atoms with Gasteiger partial charge in [-0.15, -0.1) is 0 Å². The predicted molar refractivity (Wildman–Crippen MR) is 48.5 cm³/mol. The third-order valence-electron chi connectivity index (χ3n) is 1.71. The van der Waals surface area contributed by atoms with Gasteiger partial charge in [0.15, 0.2) is 0 Å². The molecule has 0 aliphatic heterocycles. The molecule has 0 saturated heterocycles. The van der Waals surface area contributed by atoms with E-state index in [9.17, 15) is 0 Å². The zero-order chi connectivity index (χ0) is 8.97. The third kappa shape index (κ3) is 1.68. The molecule has 1 aromatic rings. The van der Waals surface area contributed by atoms with Crippen molar-refractivity contribution >= 4 is 5.69 Å². The topological polar surface area (TPSA) is 32.7 Å². The minimum absolute atomic E-state index is 0.0135. The maximum atomic E-state index is 8.88. The van der Waals surface area contributed by atoms with Crippen LogP contribution < -0.4 is 9.64 Å². The molecule has 0 aromatic heterocycles. The molecule has 0 amide bonds. The van der Waals surface area contributed by atoms with Gasteiger partial charge in [-0.3, -0.25) is 0 Å². The predicted octanol–water partition coefficient (Wildman–Crippen LogP) is 1.08. The number of anilines is 1. The SMILES string of the molecule is COc1ccccc1N(C)CO. The minimum atomic E-state index is -0.0135. The van der Waals surface area contributed by atoms with Crippen molar-refractivity contribution in [2.75, 3.05) is 25.8 Å². The molecule has 0 radical (unpaired) electrons. The van der Waals surface area contributed by atoms with Crippen molar-refractivity contribution in [2.24, 2.45) is 0 Å². The Morgan fingerprint density at radius 1 is 1.42 bits per heavy atom. The van der Waals surface area contributed by atoms with Crippen molar-refractivity contribution in [3.63, 3.8) is 0 Å². The van der Waals surface area contributed by atoms with E-state index in [1.807, 2.05) is 24.3 Å². The average molecular weight is 167 g/mol. The highest BCUT2D eigenvalue weighted by atomic mass is 16.5. The second-order valence-electron chi connectivity index (χ2n) is 2.51. The first-order valence-electron chi connectivity index (χ1n) is 3.74. The van der Waals surface area contributed by atoms with Crippen LogP contribution in [0.1, 0.15) is 0 Å². The number of hydrogen-bond donors (Lipinski definition) is 1. The minimum Gasteiger partial charge on any atom is -0.495 e. The molecule has 12 heavy (non-hydrogen) atoms. The van der Waals surface area contributed by atoms with E-state index in [1.165, 1.54) is 0 Å². The summed E-state index contributed by atoms with van der Waals surface area (Å²) in [4.78, 5) is 1.71. The van der Waals surface area contributed by atoms with Crippen LogP contribution in [0.2, 0.25) is 0 Å². The van der Waals surface area contributed by atoms with Crippen LogP contribution in [0.4, 0.5) is 5.69 Å². The number of nitrogens with zero attached hydrogens (tertiary/aromatic N) is 1. The molecular formula is C9H13NO2. The number of rotatable bonds is 3. The molecule has 66 valence electrons. The maximum Gasteiger partial charge on any atom is 0.142 e. The third-order valence-corrected chi connectivity index (χ3v) is 1.71. The number of hydrogen-bond acceptors (Lipinski definition) is 3. The van der Waals surface area contributed by atoms with Crippen LogP contribution in [0.25, 0.3) is 0 Å². The molecule has 0 heterocycles. The van der Waals surface area contributed by atoms with Gasteiger partial charge in [0.25, 0.3) is 0 Å². The molecule has 0 spiro atoms. The fourth-order valence-corrected chi connectivity index (χ4v) is 1.02. The summed E-state index contributed by atoms with van der Waals surface area (Å²) in [7, 11) is 3.42. The first-order valence-corrected chi connectivity index (χ1v) is 3.74. The second-order valence-corrected chi connectivity index (χ2v) is 2.51. The monoisotopic (exact) mass is 167 g/mol. The van der Waals surface area contributed by atoms with Crippen LogP contribution in [0, 0.1) is 0 Å². The van der Waals surface area contributed by atoms with Crippen LogP contribution >= 0.6 is 0 Å². The van der Waals surface area contributed by atoms with Crippen molar-refractivity contribution in [1.82, 2.24) is 0 Å². The van der Waals surface area contributed by atoms with Crippen molar-refractivity contribution in [2.45, 2.75) is 0 Å². The van der Waals surface area contributed by atoms with Crippen LogP contribution in [-0.2, 0) is 0 Å². The van der Waals surface area contributed by atoms with E-state index in [0.717, 1.165) is 11.4 Å². The van der Waals surface area contributed by atoms with Crippen molar-refractivity contribution in [3.05, 3.63) is 24.3 Å².